The molecule has 1 unspecified atom stereocenters. The maximum Gasteiger partial charge on any atom is 0.193 e. The van der Waals surface area contributed by atoms with E-state index >= 15 is 0 Å². The van der Waals surface area contributed by atoms with Crippen LogP contribution in [-0.2, 0) is 16.6 Å². The van der Waals surface area contributed by atoms with Crippen LogP contribution in [-0.4, -0.2) is 61.7 Å². The van der Waals surface area contributed by atoms with E-state index in [-0.39, 0.29) is 24.0 Å². The number of guanidine groups is 1. The summed E-state index contributed by atoms with van der Waals surface area (Å²) in [5.74, 6) is 3.51. The highest BCUT2D eigenvalue weighted by molar-refractivity contribution is 14.0. The number of benzene rings is 2. The quantitative estimate of drug-likeness (QED) is 0.290. The van der Waals surface area contributed by atoms with E-state index < -0.39 is 10.8 Å². The Bertz CT molecular complexity index is 758. The van der Waals surface area contributed by atoms with Crippen LogP contribution in [0.2, 0.25) is 0 Å². The number of nitrogens with one attached hydrogen (secondary N) is 1. The van der Waals surface area contributed by atoms with E-state index in [1.807, 2.05) is 66.5 Å². The lowest BCUT2D eigenvalue weighted by atomic mass is 10.2. The first-order chi connectivity index (χ1) is 13.6. The van der Waals surface area contributed by atoms with Gasteiger partial charge in [-0.15, -0.1) is 24.0 Å². The summed E-state index contributed by atoms with van der Waals surface area (Å²) in [6.45, 7) is 1.82. The summed E-state index contributed by atoms with van der Waals surface area (Å²) in [6, 6.07) is 17.4. The van der Waals surface area contributed by atoms with Crippen LogP contribution in [0.3, 0.4) is 0 Å². The van der Waals surface area contributed by atoms with Gasteiger partial charge < -0.3 is 19.7 Å². The first-order valence-electron chi connectivity index (χ1n) is 9.20. The van der Waals surface area contributed by atoms with Crippen LogP contribution < -0.4 is 14.8 Å². The van der Waals surface area contributed by atoms with Crippen LogP contribution in [0.1, 0.15) is 5.56 Å². The molecular weight excluding hydrogens is 501 g/mol. The molecule has 0 fully saturated rings. The zero-order valence-electron chi connectivity index (χ0n) is 17.2. The molecular formula is C21H30IN3O3S. The molecule has 0 aliphatic carbocycles. The Morgan fingerprint density at radius 3 is 2.38 bits per heavy atom. The van der Waals surface area contributed by atoms with Crippen molar-refractivity contribution < 1.29 is 13.7 Å². The number of halogens is 1. The Kier molecular flexibility index (Phi) is 12.4. The average Bonchev–Trinajstić information content (AvgIpc) is 2.72. The van der Waals surface area contributed by atoms with Gasteiger partial charge in [0.15, 0.2) is 5.96 Å². The minimum Gasteiger partial charge on any atom is -0.497 e. The van der Waals surface area contributed by atoms with E-state index in [2.05, 4.69) is 10.3 Å². The second-order valence-electron chi connectivity index (χ2n) is 6.19. The van der Waals surface area contributed by atoms with E-state index in [0.717, 1.165) is 23.0 Å². The number of aliphatic imine (C=N–C) groups is 1. The van der Waals surface area contributed by atoms with Crippen molar-refractivity contribution in [3.8, 4) is 11.5 Å². The Hall–Kier alpha value is -1.81. The molecule has 6 nitrogen and oxygen atoms in total. The molecule has 0 saturated carbocycles. The first-order valence-corrected chi connectivity index (χ1v) is 10.7. The molecule has 160 valence electrons. The Balaban J connectivity index is 0.00000420. The number of hydrogen-bond donors (Lipinski definition) is 1. The fraction of sp³-hybridized carbons (Fsp3) is 0.381. The standard InChI is InChI=1S/C21H29N3O3S.HI/c1-22-21(23-13-16-28(25)17-18-7-5-4-6-8-18)24(2)14-15-27-20-11-9-19(26-3)10-12-20;/h4-12H,13-17H2,1-3H3,(H,22,23);1H. The Labute approximate surface area is 193 Å². The molecule has 1 N–H and O–H groups in total. The molecule has 0 saturated heterocycles. The molecule has 0 aliphatic rings. The molecule has 0 heterocycles. The lowest BCUT2D eigenvalue weighted by Crippen LogP contribution is -2.42. The molecule has 2 aromatic rings. The summed E-state index contributed by atoms with van der Waals surface area (Å²) in [5.41, 5.74) is 1.10. The molecule has 0 spiro atoms. The second-order valence-corrected chi connectivity index (χ2v) is 7.77. The minimum absolute atomic E-state index is 0. The molecule has 0 aliphatic heterocycles. The largest absolute Gasteiger partial charge is 0.497 e. The molecule has 1 atom stereocenters. The highest BCUT2D eigenvalue weighted by Crippen LogP contribution is 2.16. The number of likely N-dealkylation sites (N-methyl/N-ethyl adjacent to an activating group) is 1. The van der Waals surface area contributed by atoms with Crippen molar-refractivity contribution in [2.24, 2.45) is 4.99 Å². The first kappa shape index (κ1) is 25.2. The van der Waals surface area contributed by atoms with Gasteiger partial charge in [-0.1, -0.05) is 30.3 Å². The average molecular weight is 531 g/mol. The molecule has 8 heteroatoms. The van der Waals surface area contributed by atoms with E-state index in [1.165, 1.54) is 0 Å². The fourth-order valence-electron chi connectivity index (χ4n) is 2.57. The van der Waals surface area contributed by atoms with Crippen LogP contribution in [0.25, 0.3) is 0 Å². The third kappa shape index (κ3) is 9.49. The van der Waals surface area contributed by atoms with Crippen LogP contribution in [0.5, 0.6) is 11.5 Å². The number of methoxy groups -OCH3 is 1. The maximum atomic E-state index is 12.2. The van der Waals surface area contributed by atoms with Crippen LogP contribution in [0.15, 0.2) is 59.6 Å². The van der Waals surface area contributed by atoms with Gasteiger partial charge in [0.05, 0.1) is 13.7 Å². The maximum absolute atomic E-state index is 12.2. The van der Waals surface area contributed by atoms with E-state index in [9.17, 15) is 4.21 Å². The van der Waals surface area contributed by atoms with Gasteiger partial charge in [-0.25, -0.2) is 0 Å². The van der Waals surface area contributed by atoms with Gasteiger partial charge >= 0.3 is 0 Å². The Morgan fingerprint density at radius 1 is 1.10 bits per heavy atom. The van der Waals surface area contributed by atoms with Crippen LogP contribution in [0.4, 0.5) is 0 Å². The fourth-order valence-corrected chi connectivity index (χ4v) is 3.61. The normalized spacial score (nSPS) is 11.9. The summed E-state index contributed by atoms with van der Waals surface area (Å²) in [4.78, 5) is 6.27. The van der Waals surface area contributed by atoms with Crippen molar-refractivity contribution in [2.45, 2.75) is 5.75 Å². The topological polar surface area (TPSA) is 63.2 Å². The summed E-state index contributed by atoms with van der Waals surface area (Å²) >= 11 is 0. The van der Waals surface area contributed by atoms with Crippen molar-refractivity contribution in [1.29, 1.82) is 0 Å². The van der Waals surface area contributed by atoms with Gasteiger partial charge in [-0.3, -0.25) is 9.20 Å². The summed E-state index contributed by atoms with van der Waals surface area (Å²) in [6.07, 6.45) is 0. The highest BCUT2D eigenvalue weighted by atomic mass is 127. The monoisotopic (exact) mass is 531 g/mol. The summed E-state index contributed by atoms with van der Waals surface area (Å²) in [5, 5.41) is 3.26. The van der Waals surface area contributed by atoms with E-state index in [4.69, 9.17) is 9.47 Å². The molecule has 2 aromatic carbocycles. The zero-order chi connectivity index (χ0) is 20.2. The second kappa shape index (κ2) is 14.2. The van der Waals surface area contributed by atoms with Crippen molar-refractivity contribution >= 4 is 40.7 Å². The van der Waals surface area contributed by atoms with Gasteiger partial charge in [0.25, 0.3) is 0 Å². The van der Waals surface area contributed by atoms with Gasteiger partial charge in [0, 0.05) is 42.9 Å². The van der Waals surface area contributed by atoms with Crippen LogP contribution >= 0.6 is 24.0 Å². The highest BCUT2D eigenvalue weighted by Gasteiger charge is 2.07. The Morgan fingerprint density at radius 2 is 1.76 bits per heavy atom. The van der Waals surface area contributed by atoms with Gasteiger partial charge in [0.2, 0.25) is 0 Å². The predicted octanol–water partition coefficient (Wildman–Crippen LogP) is 3.15. The molecule has 2 rings (SSSR count). The van der Waals surface area contributed by atoms with Gasteiger partial charge in [-0.05, 0) is 29.8 Å². The van der Waals surface area contributed by atoms with Crippen LogP contribution in [0, 0.1) is 0 Å². The zero-order valence-corrected chi connectivity index (χ0v) is 20.3. The smallest absolute Gasteiger partial charge is 0.193 e. The third-order valence-corrected chi connectivity index (χ3v) is 5.43. The van der Waals surface area contributed by atoms with Crippen molar-refractivity contribution in [3.63, 3.8) is 0 Å². The van der Waals surface area contributed by atoms with Gasteiger partial charge in [-0.2, -0.15) is 0 Å². The van der Waals surface area contributed by atoms with Crippen molar-refractivity contribution in [3.05, 3.63) is 60.2 Å². The SMILES string of the molecule is CN=C(NCCS(=O)Cc1ccccc1)N(C)CCOc1ccc(OC)cc1.I. The lowest BCUT2D eigenvalue weighted by Gasteiger charge is -2.22. The molecule has 0 amide bonds. The number of ether oxygens (including phenoxy) is 2. The molecule has 0 radical (unpaired) electrons. The predicted molar refractivity (Wildman–Crippen MR) is 131 cm³/mol. The lowest BCUT2D eigenvalue weighted by molar-refractivity contribution is 0.281. The van der Waals surface area contributed by atoms with Crippen molar-refractivity contribution in [2.75, 3.05) is 46.7 Å². The van der Waals surface area contributed by atoms with E-state index in [1.54, 1.807) is 14.2 Å². The minimum atomic E-state index is -0.907. The summed E-state index contributed by atoms with van der Waals surface area (Å²) in [7, 11) is 4.43. The van der Waals surface area contributed by atoms with Gasteiger partial charge in [0.1, 0.15) is 18.1 Å². The number of hydrogen-bond acceptors (Lipinski definition) is 4. The third-order valence-electron chi connectivity index (χ3n) is 4.11. The summed E-state index contributed by atoms with van der Waals surface area (Å²) < 4.78 is 23.1. The van der Waals surface area contributed by atoms with E-state index in [0.29, 0.717) is 31.2 Å². The molecule has 0 bridgehead atoms. The number of nitrogens with zero attached hydrogens (tertiary/aromatic N) is 2. The molecule has 0 aromatic heterocycles. The number of rotatable bonds is 10. The molecule has 29 heavy (non-hydrogen) atoms. The van der Waals surface area contributed by atoms with Crippen molar-refractivity contribution in [1.82, 2.24) is 10.2 Å².